The van der Waals surface area contributed by atoms with Crippen molar-refractivity contribution in [3.63, 3.8) is 0 Å². The van der Waals surface area contributed by atoms with Crippen molar-refractivity contribution in [2.75, 3.05) is 0 Å². The van der Waals surface area contributed by atoms with E-state index in [1.807, 2.05) is 12.1 Å². The molecule has 1 aromatic heterocycles. The molecule has 0 saturated carbocycles. The fraction of sp³-hybridized carbons (Fsp3) is 0.500. The van der Waals surface area contributed by atoms with E-state index in [1.54, 1.807) is 13.1 Å². The number of aliphatic hydroxyl groups excluding tert-OH is 1. The maximum atomic E-state index is 9.21. The molecule has 1 aromatic rings. The monoisotopic (exact) mass is 165 g/mol. The summed E-state index contributed by atoms with van der Waals surface area (Å²) in [7, 11) is 0. The Kier molecular flexibility index (Phi) is 2.82. The van der Waals surface area contributed by atoms with Gasteiger partial charge in [-0.2, -0.15) is 0 Å². The van der Waals surface area contributed by atoms with Crippen molar-refractivity contribution in [1.82, 2.24) is 4.98 Å². The highest BCUT2D eigenvalue weighted by Crippen LogP contribution is 2.14. The van der Waals surface area contributed by atoms with Gasteiger partial charge in [-0.05, 0) is 24.5 Å². The number of nitrogens with zero attached hydrogens (tertiary/aromatic N) is 1. The summed E-state index contributed by atoms with van der Waals surface area (Å²) in [6.07, 6.45) is 1.32. The minimum atomic E-state index is -0.418. The van der Waals surface area contributed by atoms with E-state index in [0.29, 0.717) is 5.92 Å². The number of aromatic nitrogens is 1. The van der Waals surface area contributed by atoms with E-state index in [9.17, 15) is 5.11 Å². The molecule has 0 aliphatic rings. The highest BCUT2D eigenvalue weighted by Gasteiger charge is 2.03. The first-order chi connectivity index (χ1) is 5.61. The lowest BCUT2D eigenvalue weighted by Gasteiger charge is -2.07. The molecular weight excluding hydrogens is 150 g/mol. The van der Waals surface area contributed by atoms with Crippen LogP contribution in [0, 0.1) is 0 Å². The average molecular weight is 165 g/mol. The van der Waals surface area contributed by atoms with Crippen molar-refractivity contribution in [2.24, 2.45) is 0 Å². The minimum absolute atomic E-state index is 0.418. The van der Waals surface area contributed by atoms with Crippen LogP contribution < -0.4 is 0 Å². The smallest absolute Gasteiger partial charge is 0.0776 e. The van der Waals surface area contributed by atoms with Crippen molar-refractivity contribution in [2.45, 2.75) is 32.8 Å². The topological polar surface area (TPSA) is 33.1 Å². The summed E-state index contributed by atoms with van der Waals surface area (Å²) >= 11 is 0. The molecule has 0 bridgehead atoms. The fourth-order valence-corrected chi connectivity index (χ4v) is 1.01. The van der Waals surface area contributed by atoms with Crippen LogP contribution in [0.15, 0.2) is 18.3 Å². The molecule has 0 fully saturated rings. The molecule has 1 unspecified atom stereocenters. The number of hydrogen-bond acceptors (Lipinski definition) is 2. The first kappa shape index (κ1) is 9.20. The number of pyridine rings is 1. The van der Waals surface area contributed by atoms with E-state index in [0.717, 1.165) is 11.3 Å². The van der Waals surface area contributed by atoms with Crippen LogP contribution in [0.25, 0.3) is 0 Å². The average Bonchev–Trinajstić information content (AvgIpc) is 2.04. The lowest BCUT2D eigenvalue weighted by Crippen LogP contribution is -1.96. The van der Waals surface area contributed by atoms with E-state index in [2.05, 4.69) is 18.8 Å². The van der Waals surface area contributed by atoms with Gasteiger partial charge in [0.15, 0.2) is 0 Å². The Hall–Kier alpha value is -0.890. The molecule has 1 rings (SSSR count). The molecule has 0 aliphatic heterocycles. The van der Waals surface area contributed by atoms with E-state index < -0.39 is 6.10 Å². The molecule has 0 saturated heterocycles. The number of aliphatic hydroxyl groups is 1. The second-order valence-corrected chi connectivity index (χ2v) is 3.35. The Morgan fingerprint density at radius 3 is 2.25 bits per heavy atom. The molecule has 1 heterocycles. The first-order valence-corrected chi connectivity index (χ1v) is 4.25. The van der Waals surface area contributed by atoms with Gasteiger partial charge in [0.25, 0.3) is 0 Å². The zero-order valence-corrected chi connectivity index (χ0v) is 7.78. The Morgan fingerprint density at radius 1 is 1.25 bits per heavy atom. The molecule has 0 spiro atoms. The van der Waals surface area contributed by atoms with Crippen LogP contribution in [-0.4, -0.2) is 10.1 Å². The summed E-state index contributed by atoms with van der Waals surface area (Å²) in [5, 5.41) is 9.21. The van der Waals surface area contributed by atoms with Gasteiger partial charge in [-0.25, -0.2) is 0 Å². The standard InChI is InChI=1S/C10H15NO/c1-7(2)10-5-4-9(6-11-10)8(3)12/h4-8,12H,1-3H3. The maximum absolute atomic E-state index is 9.21. The molecule has 2 nitrogen and oxygen atoms in total. The third-order valence-corrected chi connectivity index (χ3v) is 1.88. The molecule has 12 heavy (non-hydrogen) atoms. The molecule has 1 atom stereocenters. The van der Waals surface area contributed by atoms with Gasteiger partial charge in [0.05, 0.1) is 6.10 Å². The van der Waals surface area contributed by atoms with Gasteiger partial charge in [0.1, 0.15) is 0 Å². The lowest BCUT2D eigenvalue weighted by atomic mass is 10.1. The van der Waals surface area contributed by atoms with Crippen LogP contribution in [0.5, 0.6) is 0 Å². The predicted molar refractivity (Wildman–Crippen MR) is 49.0 cm³/mol. The summed E-state index contributed by atoms with van der Waals surface area (Å²) in [6.45, 7) is 5.95. The molecule has 2 heteroatoms. The second kappa shape index (κ2) is 3.68. The van der Waals surface area contributed by atoms with Crippen molar-refractivity contribution in [1.29, 1.82) is 0 Å². The third kappa shape index (κ3) is 2.05. The van der Waals surface area contributed by atoms with Crippen LogP contribution in [0.4, 0.5) is 0 Å². The van der Waals surface area contributed by atoms with Gasteiger partial charge in [-0.3, -0.25) is 4.98 Å². The van der Waals surface area contributed by atoms with Crippen molar-refractivity contribution >= 4 is 0 Å². The number of rotatable bonds is 2. The Balaban J connectivity index is 2.86. The van der Waals surface area contributed by atoms with Gasteiger partial charge < -0.3 is 5.11 Å². The van der Waals surface area contributed by atoms with Crippen LogP contribution in [0.3, 0.4) is 0 Å². The van der Waals surface area contributed by atoms with E-state index in [-0.39, 0.29) is 0 Å². The highest BCUT2D eigenvalue weighted by atomic mass is 16.3. The first-order valence-electron chi connectivity index (χ1n) is 4.25. The summed E-state index contributed by atoms with van der Waals surface area (Å²) in [5.41, 5.74) is 1.94. The minimum Gasteiger partial charge on any atom is -0.389 e. The fourth-order valence-electron chi connectivity index (χ4n) is 1.01. The molecule has 66 valence electrons. The van der Waals surface area contributed by atoms with Crippen LogP contribution in [0.2, 0.25) is 0 Å². The molecule has 0 aromatic carbocycles. The normalized spacial score (nSPS) is 13.4. The van der Waals surface area contributed by atoms with Gasteiger partial charge >= 0.3 is 0 Å². The lowest BCUT2D eigenvalue weighted by molar-refractivity contribution is 0.199. The molecular formula is C10H15NO. The second-order valence-electron chi connectivity index (χ2n) is 3.35. The maximum Gasteiger partial charge on any atom is 0.0776 e. The van der Waals surface area contributed by atoms with Gasteiger partial charge in [-0.15, -0.1) is 0 Å². The van der Waals surface area contributed by atoms with Crippen LogP contribution in [0.1, 0.15) is 44.1 Å². The summed E-state index contributed by atoms with van der Waals surface area (Å²) in [4.78, 5) is 4.24. The van der Waals surface area contributed by atoms with Crippen LogP contribution >= 0.6 is 0 Å². The van der Waals surface area contributed by atoms with Crippen molar-refractivity contribution in [3.05, 3.63) is 29.6 Å². The zero-order chi connectivity index (χ0) is 9.14. The Bertz CT molecular complexity index is 212. The van der Waals surface area contributed by atoms with E-state index in [4.69, 9.17) is 0 Å². The molecule has 1 N–H and O–H groups in total. The highest BCUT2D eigenvalue weighted by molar-refractivity contribution is 5.17. The van der Waals surface area contributed by atoms with Gasteiger partial charge in [0, 0.05) is 11.9 Å². The van der Waals surface area contributed by atoms with E-state index >= 15 is 0 Å². The van der Waals surface area contributed by atoms with Crippen LogP contribution in [-0.2, 0) is 0 Å². The Labute approximate surface area is 73.3 Å². The molecule has 0 amide bonds. The summed E-state index contributed by atoms with van der Waals surface area (Å²) in [6, 6.07) is 3.89. The summed E-state index contributed by atoms with van der Waals surface area (Å²) < 4.78 is 0. The molecule has 0 aliphatic carbocycles. The van der Waals surface area contributed by atoms with Crippen molar-refractivity contribution in [3.8, 4) is 0 Å². The molecule has 0 radical (unpaired) electrons. The van der Waals surface area contributed by atoms with E-state index in [1.165, 1.54) is 0 Å². The SMILES string of the molecule is CC(C)c1ccc(C(C)O)cn1. The number of hydrogen-bond donors (Lipinski definition) is 1. The summed E-state index contributed by atoms with van der Waals surface area (Å²) in [5.74, 6) is 0.452. The Morgan fingerprint density at radius 2 is 1.92 bits per heavy atom. The van der Waals surface area contributed by atoms with Gasteiger partial charge in [0.2, 0.25) is 0 Å². The quantitative estimate of drug-likeness (QED) is 0.729. The van der Waals surface area contributed by atoms with Crippen molar-refractivity contribution < 1.29 is 5.11 Å². The largest absolute Gasteiger partial charge is 0.389 e. The van der Waals surface area contributed by atoms with Gasteiger partial charge in [-0.1, -0.05) is 19.9 Å². The third-order valence-electron chi connectivity index (χ3n) is 1.88. The predicted octanol–water partition coefficient (Wildman–Crippen LogP) is 2.26. The zero-order valence-electron chi connectivity index (χ0n) is 7.78.